The lowest BCUT2D eigenvalue weighted by atomic mass is 9.81. The monoisotopic (exact) mass is 260 g/mol. The molecular weight excluding hydrogens is 240 g/mol. The van der Waals surface area contributed by atoms with Crippen LogP contribution in [0.5, 0.6) is 0 Å². The Morgan fingerprint density at radius 2 is 2.37 bits per heavy atom. The van der Waals surface area contributed by atoms with Crippen LogP contribution < -0.4 is 4.90 Å². The van der Waals surface area contributed by atoms with Crippen molar-refractivity contribution in [2.45, 2.75) is 26.2 Å². The van der Waals surface area contributed by atoms with Crippen LogP contribution in [-0.4, -0.2) is 31.2 Å². The fraction of sp³-hybridized carbons (Fsp3) is 0.600. The molecule has 1 aromatic rings. The van der Waals surface area contributed by atoms with Crippen LogP contribution in [0.3, 0.4) is 0 Å². The molecule has 0 aromatic carbocycles. The summed E-state index contributed by atoms with van der Waals surface area (Å²) in [6, 6.07) is 6.05. The summed E-state index contributed by atoms with van der Waals surface area (Å²) in [5, 5.41) is 0. The second kappa shape index (κ2) is 4.51. The maximum Gasteiger partial charge on any atom is 0.313 e. The summed E-state index contributed by atoms with van der Waals surface area (Å²) in [4.78, 5) is 19.0. The molecule has 4 heteroatoms. The van der Waals surface area contributed by atoms with Crippen LogP contribution in [0.2, 0.25) is 0 Å². The molecule has 0 N–H and O–H groups in total. The average molecular weight is 260 g/mol. The van der Waals surface area contributed by atoms with Gasteiger partial charge in [-0.05, 0) is 37.8 Å². The summed E-state index contributed by atoms with van der Waals surface area (Å²) in [7, 11) is 1.50. The number of nitrogens with zero attached hydrogens (tertiary/aromatic N) is 2. The fourth-order valence-electron chi connectivity index (χ4n) is 3.71. The van der Waals surface area contributed by atoms with Gasteiger partial charge < -0.3 is 9.64 Å². The zero-order valence-corrected chi connectivity index (χ0v) is 11.6. The van der Waals surface area contributed by atoms with Crippen LogP contribution in [0.4, 0.5) is 5.82 Å². The van der Waals surface area contributed by atoms with Crippen molar-refractivity contribution in [1.82, 2.24) is 4.98 Å². The van der Waals surface area contributed by atoms with Crippen LogP contribution in [0.25, 0.3) is 0 Å². The van der Waals surface area contributed by atoms with Gasteiger partial charge in [-0.1, -0.05) is 12.5 Å². The molecule has 4 nitrogen and oxygen atoms in total. The Morgan fingerprint density at radius 1 is 1.53 bits per heavy atom. The third kappa shape index (κ3) is 1.90. The lowest BCUT2D eigenvalue weighted by Crippen LogP contribution is -2.37. The molecule has 1 saturated carbocycles. The Balaban J connectivity index is 1.88. The van der Waals surface area contributed by atoms with Crippen molar-refractivity contribution in [1.29, 1.82) is 0 Å². The number of esters is 1. The Hall–Kier alpha value is -1.58. The molecule has 19 heavy (non-hydrogen) atoms. The molecule has 2 aliphatic rings. The molecule has 0 radical (unpaired) electrons. The Labute approximate surface area is 113 Å². The predicted molar refractivity (Wildman–Crippen MR) is 73.0 cm³/mol. The average Bonchev–Trinajstić information content (AvgIpc) is 2.95. The van der Waals surface area contributed by atoms with Crippen molar-refractivity contribution in [3.63, 3.8) is 0 Å². The van der Waals surface area contributed by atoms with E-state index in [1.165, 1.54) is 7.11 Å². The summed E-state index contributed by atoms with van der Waals surface area (Å²) < 4.78 is 5.06. The highest BCUT2D eigenvalue weighted by Crippen LogP contribution is 2.50. The number of methoxy groups -OCH3 is 1. The molecule has 2 fully saturated rings. The first-order valence-corrected chi connectivity index (χ1v) is 6.93. The molecule has 3 rings (SSSR count). The van der Waals surface area contributed by atoms with E-state index in [0.717, 1.165) is 43.9 Å². The highest BCUT2D eigenvalue weighted by molar-refractivity contribution is 5.79. The molecule has 1 aliphatic carbocycles. The lowest BCUT2D eigenvalue weighted by molar-refractivity contribution is -0.152. The van der Waals surface area contributed by atoms with E-state index in [0.29, 0.717) is 5.92 Å². The molecule has 0 bridgehead atoms. The summed E-state index contributed by atoms with van der Waals surface area (Å²) in [5.74, 6) is 1.37. The molecule has 1 aromatic heterocycles. The first-order valence-electron chi connectivity index (χ1n) is 6.93. The molecule has 1 aliphatic heterocycles. The summed E-state index contributed by atoms with van der Waals surface area (Å²) in [6.07, 6.45) is 3.21. The predicted octanol–water partition coefficient (Wildman–Crippen LogP) is 2.17. The largest absolute Gasteiger partial charge is 0.469 e. The highest BCUT2D eigenvalue weighted by atomic mass is 16.5. The van der Waals surface area contributed by atoms with Gasteiger partial charge in [0.1, 0.15) is 5.82 Å². The number of rotatable bonds is 2. The number of aryl methyl sites for hydroxylation is 1. The van der Waals surface area contributed by atoms with Crippen LogP contribution >= 0.6 is 0 Å². The molecule has 0 unspecified atom stereocenters. The van der Waals surface area contributed by atoms with E-state index >= 15 is 0 Å². The standard InChI is InChI=1S/C15H20N2O2/c1-11-5-3-7-13(16-11)17-9-12-6-4-8-15(12,10-17)14(18)19-2/h3,5,7,12H,4,6,8-10H2,1-2H3/t12-,15-/m1/s1. The van der Waals surface area contributed by atoms with Crippen LogP contribution in [0.15, 0.2) is 18.2 Å². The molecule has 102 valence electrons. The minimum Gasteiger partial charge on any atom is -0.469 e. The van der Waals surface area contributed by atoms with E-state index in [1.54, 1.807) is 0 Å². The van der Waals surface area contributed by atoms with Gasteiger partial charge in [0.2, 0.25) is 0 Å². The molecule has 2 atom stereocenters. The molecular formula is C15H20N2O2. The van der Waals surface area contributed by atoms with Gasteiger partial charge in [-0.2, -0.15) is 0 Å². The van der Waals surface area contributed by atoms with E-state index < -0.39 is 0 Å². The maximum absolute atomic E-state index is 12.2. The van der Waals surface area contributed by atoms with E-state index in [-0.39, 0.29) is 11.4 Å². The highest BCUT2D eigenvalue weighted by Gasteiger charge is 2.55. The van der Waals surface area contributed by atoms with Crippen LogP contribution in [-0.2, 0) is 9.53 Å². The van der Waals surface area contributed by atoms with Crippen molar-refractivity contribution < 1.29 is 9.53 Å². The second-order valence-corrected chi connectivity index (χ2v) is 5.75. The first-order chi connectivity index (χ1) is 9.15. The van der Waals surface area contributed by atoms with E-state index in [1.807, 2.05) is 25.1 Å². The number of pyridine rings is 1. The van der Waals surface area contributed by atoms with Gasteiger partial charge in [0.15, 0.2) is 0 Å². The molecule has 0 amide bonds. The summed E-state index contributed by atoms with van der Waals surface area (Å²) >= 11 is 0. The Kier molecular flexibility index (Phi) is 2.96. The summed E-state index contributed by atoms with van der Waals surface area (Å²) in [5.41, 5.74) is 0.724. The van der Waals surface area contributed by atoms with Gasteiger partial charge >= 0.3 is 5.97 Å². The van der Waals surface area contributed by atoms with Crippen LogP contribution in [0.1, 0.15) is 25.0 Å². The number of ether oxygens (including phenoxy) is 1. The smallest absolute Gasteiger partial charge is 0.313 e. The van der Waals surface area contributed by atoms with Gasteiger partial charge in [0.25, 0.3) is 0 Å². The van der Waals surface area contributed by atoms with Crippen LogP contribution in [0, 0.1) is 18.3 Å². The third-order valence-electron chi connectivity index (χ3n) is 4.66. The lowest BCUT2D eigenvalue weighted by Gasteiger charge is -2.25. The van der Waals surface area contributed by atoms with Gasteiger partial charge in [-0.3, -0.25) is 4.79 Å². The number of carbonyl (C=O) groups excluding carboxylic acids is 1. The van der Waals surface area contributed by atoms with E-state index in [2.05, 4.69) is 9.88 Å². The number of hydrogen-bond donors (Lipinski definition) is 0. The molecule has 0 spiro atoms. The maximum atomic E-state index is 12.2. The van der Waals surface area contributed by atoms with Gasteiger partial charge in [0.05, 0.1) is 12.5 Å². The fourth-order valence-corrected chi connectivity index (χ4v) is 3.71. The molecule has 2 heterocycles. The Bertz CT molecular complexity index is 503. The minimum absolute atomic E-state index is 0.0369. The number of fused-ring (bicyclic) bond motifs is 1. The summed E-state index contributed by atoms with van der Waals surface area (Å²) in [6.45, 7) is 3.67. The second-order valence-electron chi connectivity index (χ2n) is 5.75. The normalized spacial score (nSPS) is 29.4. The topological polar surface area (TPSA) is 42.4 Å². The SMILES string of the molecule is COC(=O)[C@@]12CCC[C@@H]1CN(c1cccc(C)n1)C2. The van der Waals surface area contributed by atoms with Crippen molar-refractivity contribution in [2.24, 2.45) is 11.3 Å². The van der Waals surface area contributed by atoms with Crippen molar-refractivity contribution in [2.75, 3.05) is 25.1 Å². The number of anilines is 1. The molecule has 1 saturated heterocycles. The quantitative estimate of drug-likeness (QED) is 0.764. The van der Waals surface area contributed by atoms with E-state index in [9.17, 15) is 4.79 Å². The zero-order valence-electron chi connectivity index (χ0n) is 11.6. The Morgan fingerprint density at radius 3 is 3.11 bits per heavy atom. The zero-order chi connectivity index (χ0) is 13.5. The number of carbonyl (C=O) groups is 1. The van der Waals surface area contributed by atoms with Crippen molar-refractivity contribution in [3.05, 3.63) is 23.9 Å². The van der Waals surface area contributed by atoms with E-state index in [4.69, 9.17) is 4.74 Å². The number of aromatic nitrogens is 1. The first kappa shape index (κ1) is 12.5. The van der Waals surface area contributed by atoms with Gasteiger partial charge in [-0.15, -0.1) is 0 Å². The van der Waals surface area contributed by atoms with Crippen molar-refractivity contribution in [3.8, 4) is 0 Å². The van der Waals surface area contributed by atoms with Gasteiger partial charge in [0, 0.05) is 18.8 Å². The van der Waals surface area contributed by atoms with Gasteiger partial charge in [-0.25, -0.2) is 4.98 Å². The minimum atomic E-state index is -0.291. The number of hydrogen-bond acceptors (Lipinski definition) is 4. The third-order valence-corrected chi connectivity index (χ3v) is 4.66. The van der Waals surface area contributed by atoms with Crippen molar-refractivity contribution >= 4 is 11.8 Å².